The Bertz CT molecular complexity index is 477. The first-order valence-electron chi connectivity index (χ1n) is 7.12. The van der Waals surface area contributed by atoms with Gasteiger partial charge in [-0.1, -0.05) is 6.07 Å². The molecule has 20 heavy (non-hydrogen) atoms. The zero-order valence-electron chi connectivity index (χ0n) is 12.0. The van der Waals surface area contributed by atoms with E-state index in [2.05, 4.69) is 9.88 Å². The van der Waals surface area contributed by atoms with Crippen LogP contribution in [0.4, 0.5) is 0 Å². The number of carbonyl (C=O) groups is 1. The van der Waals surface area contributed by atoms with Gasteiger partial charge in [-0.2, -0.15) is 0 Å². The molecule has 0 unspecified atom stereocenters. The molecule has 2 fully saturated rings. The fourth-order valence-electron chi connectivity index (χ4n) is 3.18. The van der Waals surface area contributed by atoms with Crippen molar-refractivity contribution in [3.05, 3.63) is 30.1 Å². The van der Waals surface area contributed by atoms with Gasteiger partial charge in [0.15, 0.2) is 0 Å². The maximum absolute atomic E-state index is 12.2. The number of hydrogen-bond donors (Lipinski definition) is 0. The van der Waals surface area contributed by atoms with Crippen molar-refractivity contribution in [2.45, 2.75) is 25.2 Å². The lowest BCUT2D eigenvalue weighted by Gasteiger charge is -2.32. The number of amides is 1. The molecule has 2 bridgehead atoms. The topological polar surface area (TPSA) is 45.7 Å². The van der Waals surface area contributed by atoms with Crippen LogP contribution in [0.25, 0.3) is 0 Å². The first-order valence-corrected chi connectivity index (χ1v) is 7.12. The van der Waals surface area contributed by atoms with Crippen LogP contribution in [-0.2, 0) is 16.1 Å². The standard InChI is InChI=1S/C15H21N3O2/c1-17(2)15(19)13-7-12-9-18(10-14(13)20-12)8-11-5-3-4-6-16-11/h3-6,12-14H,7-10H2,1-2H3/t12-,13+,14-/m1/s1. The Morgan fingerprint density at radius 2 is 2.30 bits per heavy atom. The third-order valence-electron chi connectivity index (χ3n) is 4.10. The molecule has 3 atom stereocenters. The molecule has 0 aromatic carbocycles. The van der Waals surface area contributed by atoms with Gasteiger partial charge in [-0.05, 0) is 18.6 Å². The second kappa shape index (κ2) is 5.50. The van der Waals surface area contributed by atoms with E-state index in [1.807, 2.05) is 38.5 Å². The smallest absolute Gasteiger partial charge is 0.227 e. The van der Waals surface area contributed by atoms with E-state index in [-0.39, 0.29) is 24.0 Å². The van der Waals surface area contributed by atoms with E-state index in [0.717, 1.165) is 31.7 Å². The van der Waals surface area contributed by atoms with E-state index in [4.69, 9.17) is 4.74 Å². The average Bonchev–Trinajstić information content (AvgIpc) is 2.74. The summed E-state index contributed by atoms with van der Waals surface area (Å²) in [5.74, 6) is 0.209. The SMILES string of the molecule is CN(C)C(=O)[C@H]1C[C@@H]2CN(Cc3ccccn3)C[C@H]1O2. The minimum absolute atomic E-state index is 0.0173. The molecule has 1 aromatic rings. The van der Waals surface area contributed by atoms with Gasteiger partial charge in [0.05, 0.1) is 23.8 Å². The molecule has 0 spiro atoms. The fraction of sp³-hybridized carbons (Fsp3) is 0.600. The van der Waals surface area contributed by atoms with E-state index in [9.17, 15) is 4.79 Å². The Hall–Kier alpha value is -1.46. The molecule has 5 nitrogen and oxygen atoms in total. The van der Waals surface area contributed by atoms with Crippen molar-refractivity contribution in [2.24, 2.45) is 5.92 Å². The van der Waals surface area contributed by atoms with Gasteiger partial charge in [0.25, 0.3) is 0 Å². The van der Waals surface area contributed by atoms with Crippen LogP contribution in [0.15, 0.2) is 24.4 Å². The number of ether oxygens (including phenoxy) is 1. The highest BCUT2D eigenvalue weighted by Crippen LogP contribution is 2.33. The Morgan fingerprint density at radius 3 is 3.00 bits per heavy atom. The average molecular weight is 275 g/mol. The minimum atomic E-state index is 0.0173. The van der Waals surface area contributed by atoms with Crippen molar-refractivity contribution in [2.75, 3.05) is 27.2 Å². The molecule has 2 aliphatic rings. The molecule has 2 aliphatic heterocycles. The Labute approximate surface area is 119 Å². The summed E-state index contributed by atoms with van der Waals surface area (Å²) in [7, 11) is 3.63. The molecule has 5 heteroatoms. The van der Waals surface area contributed by atoms with Crippen molar-refractivity contribution >= 4 is 5.91 Å². The van der Waals surface area contributed by atoms with Crippen LogP contribution in [0.2, 0.25) is 0 Å². The molecule has 108 valence electrons. The van der Waals surface area contributed by atoms with E-state index >= 15 is 0 Å². The summed E-state index contributed by atoms with van der Waals surface area (Å²) in [5, 5.41) is 0. The Balaban J connectivity index is 1.65. The molecular weight excluding hydrogens is 254 g/mol. The molecule has 1 amide bonds. The van der Waals surface area contributed by atoms with Gasteiger partial charge in [0.1, 0.15) is 0 Å². The summed E-state index contributed by atoms with van der Waals surface area (Å²) in [6.07, 6.45) is 2.89. The minimum Gasteiger partial charge on any atom is -0.371 e. The van der Waals surface area contributed by atoms with Crippen molar-refractivity contribution in [3.63, 3.8) is 0 Å². The number of rotatable bonds is 3. The monoisotopic (exact) mass is 275 g/mol. The van der Waals surface area contributed by atoms with Crippen LogP contribution >= 0.6 is 0 Å². The molecule has 0 saturated carbocycles. The lowest BCUT2D eigenvalue weighted by atomic mass is 9.99. The predicted molar refractivity (Wildman–Crippen MR) is 75.0 cm³/mol. The summed E-state index contributed by atoms with van der Waals surface area (Å²) in [6, 6.07) is 5.98. The molecule has 0 aliphatic carbocycles. The van der Waals surface area contributed by atoms with Gasteiger partial charge < -0.3 is 9.64 Å². The summed E-state index contributed by atoms with van der Waals surface area (Å²) in [4.78, 5) is 20.6. The molecule has 0 radical (unpaired) electrons. The summed E-state index contributed by atoms with van der Waals surface area (Å²) >= 11 is 0. The first kappa shape index (κ1) is 13.5. The van der Waals surface area contributed by atoms with Crippen LogP contribution in [0.1, 0.15) is 12.1 Å². The van der Waals surface area contributed by atoms with Gasteiger partial charge in [0, 0.05) is 39.9 Å². The van der Waals surface area contributed by atoms with Crippen molar-refractivity contribution in [1.29, 1.82) is 0 Å². The molecule has 1 aromatic heterocycles. The molecular formula is C15H21N3O2. The molecule has 0 N–H and O–H groups in total. The fourth-order valence-corrected chi connectivity index (χ4v) is 3.18. The maximum Gasteiger partial charge on any atom is 0.227 e. The van der Waals surface area contributed by atoms with Crippen LogP contribution < -0.4 is 0 Å². The summed E-state index contributed by atoms with van der Waals surface area (Å²) < 4.78 is 5.94. The van der Waals surface area contributed by atoms with E-state index in [1.165, 1.54) is 0 Å². The van der Waals surface area contributed by atoms with Gasteiger partial charge in [0.2, 0.25) is 5.91 Å². The van der Waals surface area contributed by atoms with Crippen LogP contribution in [0, 0.1) is 5.92 Å². The second-order valence-corrected chi connectivity index (χ2v) is 5.89. The lowest BCUT2D eigenvalue weighted by Crippen LogP contribution is -2.44. The number of fused-ring (bicyclic) bond motifs is 2. The maximum atomic E-state index is 12.2. The summed E-state index contributed by atoms with van der Waals surface area (Å²) in [6.45, 7) is 2.54. The van der Waals surface area contributed by atoms with Crippen molar-refractivity contribution < 1.29 is 9.53 Å². The molecule has 2 saturated heterocycles. The van der Waals surface area contributed by atoms with Gasteiger partial charge in [-0.15, -0.1) is 0 Å². The highest BCUT2D eigenvalue weighted by Gasteiger charge is 2.44. The highest BCUT2D eigenvalue weighted by atomic mass is 16.5. The zero-order chi connectivity index (χ0) is 14.1. The van der Waals surface area contributed by atoms with Gasteiger partial charge in [-0.25, -0.2) is 0 Å². The lowest BCUT2D eigenvalue weighted by molar-refractivity contribution is -0.136. The zero-order valence-corrected chi connectivity index (χ0v) is 12.0. The van der Waals surface area contributed by atoms with Gasteiger partial charge in [-0.3, -0.25) is 14.7 Å². The third kappa shape index (κ3) is 2.69. The quantitative estimate of drug-likeness (QED) is 0.817. The normalized spacial score (nSPS) is 29.4. The Kier molecular flexibility index (Phi) is 3.72. The number of hydrogen-bond acceptors (Lipinski definition) is 4. The number of pyridine rings is 1. The molecule has 3 rings (SSSR count). The van der Waals surface area contributed by atoms with Crippen LogP contribution in [0.3, 0.4) is 0 Å². The van der Waals surface area contributed by atoms with Crippen molar-refractivity contribution in [3.8, 4) is 0 Å². The summed E-state index contributed by atoms with van der Waals surface area (Å²) in [5.41, 5.74) is 1.07. The Morgan fingerprint density at radius 1 is 1.45 bits per heavy atom. The highest BCUT2D eigenvalue weighted by molar-refractivity contribution is 5.79. The van der Waals surface area contributed by atoms with E-state index in [0.29, 0.717) is 0 Å². The largest absolute Gasteiger partial charge is 0.371 e. The third-order valence-corrected chi connectivity index (χ3v) is 4.10. The van der Waals surface area contributed by atoms with Crippen LogP contribution in [-0.4, -0.2) is 60.1 Å². The number of aromatic nitrogens is 1. The van der Waals surface area contributed by atoms with Gasteiger partial charge >= 0.3 is 0 Å². The number of morpholine rings is 1. The second-order valence-electron chi connectivity index (χ2n) is 5.89. The first-order chi connectivity index (χ1) is 9.63. The van der Waals surface area contributed by atoms with Crippen LogP contribution in [0.5, 0.6) is 0 Å². The van der Waals surface area contributed by atoms with E-state index in [1.54, 1.807) is 4.90 Å². The molecule has 3 heterocycles. The number of carbonyl (C=O) groups excluding carboxylic acids is 1. The number of nitrogens with zero attached hydrogens (tertiary/aromatic N) is 3. The van der Waals surface area contributed by atoms with Crippen molar-refractivity contribution in [1.82, 2.24) is 14.8 Å². The van der Waals surface area contributed by atoms with E-state index < -0.39 is 0 Å². The number of likely N-dealkylation sites (tertiary alicyclic amines) is 1. The predicted octanol–water partition coefficient (Wildman–Crippen LogP) is 0.759.